The summed E-state index contributed by atoms with van der Waals surface area (Å²) in [5, 5.41) is 0. The van der Waals surface area contributed by atoms with E-state index in [0.29, 0.717) is 16.9 Å². The summed E-state index contributed by atoms with van der Waals surface area (Å²) in [6.45, 7) is 4.87. The summed E-state index contributed by atoms with van der Waals surface area (Å²) < 4.78 is 5.86. The van der Waals surface area contributed by atoms with Crippen LogP contribution in [0.25, 0.3) is 0 Å². The topological polar surface area (TPSA) is 9.23 Å². The molecule has 0 amide bonds. The van der Waals surface area contributed by atoms with Gasteiger partial charge in [0, 0.05) is 5.41 Å². The Morgan fingerprint density at radius 1 is 1.25 bits per heavy atom. The molecule has 0 radical (unpaired) electrons. The van der Waals surface area contributed by atoms with Gasteiger partial charge in [0.05, 0.1) is 12.7 Å². The summed E-state index contributed by atoms with van der Waals surface area (Å²) >= 11 is 0. The van der Waals surface area contributed by atoms with Gasteiger partial charge in [0.25, 0.3) is 0 Å². The van der Waals surface area contributed by atoms with E-state index in [-0.39, 0.29) is 0 Å². The van der Waals surface area contributed by atoms with Crippen LogP contribution in [0.1, 0.15) is 32.1 Å². The number of hydrogen-bond acceptors (Lipinski definition) is 1. The number of rotatable bonds is 1. The molecule has 3 aliphatic rings. The average Bonchev–Trinajstić information content (AvgIpc) is 2.95. The van der Waals surface area contributed by atoms with Gasteiger partial charge in [-0.1, -0.05) is 6.08 Å². The van der Waals surface area contributed by atoms with Crippen LogP contribution < -0.4 is 0 Å². The van der Waals surface area contributed by atoms with E-state index >= 15 is 0 Å². The van der Waals surface area contributed by atoms with E-state index < -0.39 is 0 Å². The van der Waals surface area contributed by atoms with E-state index in [1.54, 1.807) is 0 Å². The van der Waals surface area contributed by atoms with Crippen molar-refractivity contribution in [2.75, 3.05) is 6.61 Å². The molecule has 2 spiro atoms. The monoisotopic (exact) mass is 164 g/mol. The lowest BCUT2D eigenvalue weighted by Gasteiger charge is -2.35. The maximum Gasteiger partial charge on any atom is 0.0809 e. The molecule has 1 nitrogen and oxygen atoms in total. The van der Waals surface area contributed by atoms with Gasteiger partial charge in [0.2, 0.25) is 0 Å². The lowest BCUT2D eigenvalue weighted by molar-refractivity contribution is -0.0510. The van der Waals surface area contributed by atoms with Crippen LogP contribution in [0.15, 0.2) is 12.7 Å². The quantitative estimate of drug-likeness (QED) is 0.541. The summed E-state index contributed by atoms with van der Waals surface area (Å²) in [6, 6.07) is 0. The Morgan fingerprint density at radius 2 is 2.00 bits per heavy atom. The average molecular weight is 164 g/mol. The maximum absolute atomic E-state index is 5.86. The Bertz CT molecular complexity index is 223. The molecule has 0 aromatic heterocycles. The summed E-state index contributed by atoms with van der Waals surface area (Å²) in [5.74, 6) is 0. The van der Waals surface area contributed by atoms with E-state index in [0.717, 1.165) is 6.61 Å². The van der Waals surface area contributed by atoms with Gasteiger partial charge < -0.3 is 4.74 Å². The molecule has 1 heterocycles. The van der Waals surface area contributed by atoms with Gasteiger partial charge in [-0.15, -0.1) is 6.58 Å². The predicted molar refractivity (Wildman–Crippen MR) is 47.9 cm³/mol. The lowest BCUT2D eigenvalue weighted by Crippen LogP contribution is -2.35. The molecule has 1 aliphatic heterocycles. The minimum absolute atomic E-state index is 0.378. The van der Waals surface area contributed by atoms with Crippen molar-refractivity contribution < 1.29 is 4.74 Å². The molecule has 3 rings (SSSR count). The highest BCUT2D eigenvalue weighted by molar-refractivity contribution is 5.14. The highest BCUT2D eigenvalue weighted by Crippen LogP contribution is 2.66. The first-order valence-corrected chi connectivity index (χ1v) is 5.03. The molecular weight excluding hydrogens is 148 g/mol. The van der Waals surface area contributed by atoms with E-state index in [4.69, 9.17) is 4.74 Å². The van der Waals surface area contributed by atoms with Crippen LogP contribution in [0.4, 0.5) is 0 Å². The molecule has 0 aromatic carbocycles. The summed E-state index contributed by atoms with van der Waals surface area (Å²) in [4.78, 5) is 0. The second-order valence-corrected chi connectivity index (χ2v) is 5.01. The van der Waals surface area contributed by atoms with Gasteiger partial charge in [-0.05, 0) is 37.5 Å². The molecule has 2 aliphatic carbocycles. The molecule has 2 saturated carbocycles. The number of ether oxygens (including phenoxy) is 1. The van der Waals surface area contributed by atoms with E-state index in [1.165, 1.54) is 32.1 Å². The van der Waals surface area contributed by atoms with E-state index in [2.05, 4.69) is 6.58 Å². The van der Waals surface area contributed by atoms with Gasteiger partial charge in [0.1, 0.15) is 0 Å². The Kier molecular flexibility index (Phi) is 1.16. The predicted octanol–water partition coefficient (Wildman–Crippen LogP) is 2.52. The molecule has 66 valence electrons. The second kappa shape index (κ2) is 1.95. The van der Waals surface area contributed by atoms with Crippen LogP contribution in [0.3, 0.4) is 0 Å². The van der Waals surface area contributed by atoms with Crippen molar-refractivity contribution in [2.45, 2.75) is 38.2 Å². The fourth-order valence-electron chi connectivity index (χ4n) is 2.78. The number of hydrogen-bond donors (Lipinski definition) is 0. The maximum atomic E-state index is 5.86. The van der Waals surface area contributed by atoms with Crippen LogP contribution in [0.5, 0.6) is 0 Å². The van der Waals surface area contributed by atoms with Crippen LogP contribution in [0, 0.1) is 10.8 Å². The van der Waals surface area contributed by atoms with Gasteiger partial charge in [-0.2, -0.15) is 0 Å². The molecule has 0 aromatic rings. The summed E-state index contributed by atoms with van der Waals surface area (Å²) in [5.41, 5.74) is 1.19. The van der Waals surface area contributed by atoms with Crippen molar-refractivity contribution in [1.82, 2.24) is 0 Å². The standard InChI is InChI=1S/C11H16O/c1-2-9-11(5-6-11)7-10(3-4-10)8-12-9/h2,9H,1,3-8H2. The zero-order valence-electron chi connectivity index (χ0n) is 7.51. The van der Waals surface area contributed by atoms with Crippen molar-refractivity contribution in [2.24, 2.45) is 10.8 Å². The summed E-state index contributed by atoms with van der Waals surface area (Å²) in [6.07, 6.45) is 9.41. The van der Waals surface area contributed by atoms with Crippen molar-refractivity contribution in [3.05, 3.63) is 12.7 Å². The molecule has 1 saturated heterocycles. The Morgan fingerprint density at radius 3 is 2.50 bits per heavy atom. The zero-order valence-corrected chi connectivity index (χ0v) is 7.51. The molecule has 0 N–H and O–H groups in total. The minimum Gasteiger partial charge on any atom is -0.373 e. The fraction of sp³-hybridized carbons (Fsp3) is 0.818. The van der Waals surface area contributed by atoms with Crippen LogP contribution >= 0.6 is 0 Å². The first-order chi connectivity index (χ1) is 5.79. The van der Waals surface area contributed by atoms with Crippen LogP contribution in [-0.2, 0) is 4.74 Å². The van der Waals surface area contributed by atoms with Crippen molar-refractivity contribution in [3.63, 3.8) is 0 Å². The van der Waals surface area contributed by atoms with Crippen molar-refractivity contribution in [3.8, 4) is 0 Å². The van der Waals surface area contributed by atoms with Gasteiger partial charge in [-0.25, -0.2) is 0 Å². The third kappa shape index (κ3) is 0.832. The van der Waals surface area contributed by atoms with Crippen LogP contribution in [-0.4, -0.2) is 12.7 Å². The van der Waals surface area contributed by atoms with Gasteiger partial charge in [0.15, 0.2) is 0 Å². The van der Waals surface area contributed by atoms with Crippen LogP contribution in [0.2, 0.25) is 0 Å². The smallest absolute Gasteiger partial charge is 0.0809 e. The second-order valence-electron chi connectivity index (χ2n) is 5.01. The largest absolute Gasteiger partial charge is 0.373 e. The molecule has 1 atom stereocenters. The van der Waals surface area contributed by atoms with E-state index in [1.807, 2.05) is 6.08 Å². The zero-order chi connectivity index (χ0) is 8.23. The van der Waals surface area contributed by atoms with Crippen molar-refractivity contribution >= 4 is 0 Å². The van der Waals surface area contributed by atoms with Gasteiger partial charge >= 0.3 is 0 Å². The lowest BCUT2D eigenvalue weighted by atomic mass is 9.83. The first-order valence-electron chi connectivity index (χ1n) is 5.03. The molecule has 1 unspecified atom stereocenters. The molecular formula is C11H16O. The highest BCUT2D eigenvalue weighted by atomic mass is 16.5. The Labute approximate surface area is 73.8 Å². The molecule has 1 heteroatoms. The van der Waals surface area contributed by atoms with Crippen molar-refractivity contribution in [1.29, 1.82) is 0 Å². The highest BCUT2D eigenvalue weighted by Gasteiger charge is 2.60. The van der Waals surface area contributed by atoms with E-state index in [9.17, 15) is 0 Å². The molecule has 12 heavy (non-hydrogen) atoms. The summed E-state index contributed by atoms with van der Waals surface area (Å²) in [7, 11) is 0. The van der Waals surface area contributed by atoms with Gasteiger partial charge in [-0.3, -0.25) is 0 Å². The third-order valence-corrected chi connectivity index (χ3v) is 3.96. The third-order valence-electron chi connectivity index (χ3n) is 3.96. The minimum atomic E-state index is 0.378. The SMILES string of the molecule is C=CC1OCC2(CC2)CC12CC2. The normalized spacial score (nSPS) is 39.8. The molecule has 0 bridgehead atoms. The fourth-order valence-corrected chi connectivity index (χ4v) is 2.78. The Balaban J connectivity index is 1.82. The first kappa shape index (κ1) is 7.14. The molecule has 3 fully saturated rings. The Hall–Kier alpha value is -0.300.